The van der Waals surface area contributed by atoms with Crippen LogP contribution in [0.3, 0.4) is 0 Å². The second kappa shape index (κ2) is 5.93. The van der Waals surface area contributed by atoms with Crippen molar-refractivity contribution in [2.24, 2.45) is 0 Å². The van der Waals surface area contributed by atoms with Gasteiger partial charge in [0.05, 0.1) is 11.6 Å². The second-order valence-corrected chi connectivity index (χ2v) is 4.97. The fourth-order valence-corrected chi connectivity index (χ4v) is 2.03. The first-order valence-corrected chi connectivity index (χ1v) is 6.84. The Labute approximate surface area is 127 Å². The van der Waals surface area contributed by atoms with Crippen LogP contribution in [0.15, 0.2) is 47.1 Å². The van der Waals surface area contributed by atoms with Gasteiger partial charge < -0.3 is 9.84 Å². The van der Waals surface area contributed by atoms with Gasteiger partial charge in [0.25, 0.3) is 0 Å². The molecule has 5 nitrogen and oxygen atoms in total. The Morgan fingerprint density at radius 3 is 2.76 bits per heavy atom. The van der Waals surface area contributed by atoms with E-state index in [1.165, 1.54) is 5.56 Å². The van der Waals surface area contributed by atoms with Crippen LogP contribution >= 0.6 is 11.6 Å². The van der Waals surface area contributed by atoms with Gasteiger partial charge in [-0.3, -0.25) is 4.98 Å². The minimum absolute atomic E-state index is 0.390. The van der Waals surface area contributed by atoms with Gasteiger partial charge in [0.2, 0.25) is 11.7 Å². The second-order valence-electron chi connectivity index (χ2n) is 4.57. The van der Waals surface area contributed by atoms with Gasteiger partial charge in [-0.15, -0.1) is 0 Å². The lowest BCUT2D eigenvalue weighted by atomic mass is 10.2. The Morgan fingerprint density at radius 2 is 2.00 bits per heavy atom. The SMILES string of the molecule is Cc1ccc(NCc2nc(-c3ncccc3Cl)no2)cc1. The number of anilines is 1. The molecule has 0 bridgehead atoms. The molecule has 1 aromatic carbocycles. The maximum absolute atomic E-state index is 6.06. The number of halogens is 1. The maximum atomic E-state index is 6.06. The predicted octanol–water partition coefficient (Wildman–Crippen LogP) is 3.71. The zero-order valence-electron chi connectivity index (χ0n) is 11.4. The summed E-state index contributed by atoms with van der Waals surface area (Å²) in [4.78, 5) is 8.44. The Balaban J connectivity index is 1.71. The molecule has 3 aromatic rings. The van der Waals surface area contributed by atoms with Crippen molar-refractivity contribution in [3.8, 4) is 11.5 Å². The average Bonchev–Trinajstić information content (AvgIpc) is 2.96. The van der Waals surface area contributed by atoms with Crippen LogP contribution in [0.2, 0.25) is 5.02 Å². The minimum Gasteiger partial charge on any atom is -0.376 e. The zero-order valence-corrected chi connectivity index (χ0v) is 12.1. The molecular weight excluding hydrogens is 288 g/mol. The molecule has 0 radical (unpaired) electrons. The lowest BCUT2D eigenvalue weighted by Crippen LogP contribution is -1.99. The molecule has 0 saturated carbocycles. The van der Waals surface area contributed by atoms with E-state index in [9.17, 15) is 0 Å². The fraction of sp³-hybridized carbons (Fsp3) is 0.133. The lowest BCUT2D eigenvalue weighted by molar-refractivity contribution is 0.384. The molecule has 1 N–H and O–H groups in total. The topological polar surface area (TPSA) is 63.8 Å². The van der Waals surface area contributed by atoms with Gasteiger partial charge >= 0.3 is 0 Å². The third-order valence-corrected chi connectivity index (χ3v) is 3.24. The van der Waals surface area contributed by atoms with Gasteiger partial charge in [0.15, 0.2) is 0 Å². The molecule has 0 aliphatic carbocycles. The first-order chi connectivity index (χ1) is 10.2. The molecule has 2 aromatic heterocycles. The highest BCUT2D eigenvalue weighted by atomic mass is 35.5. The number of rotatable bonds is 4. The van der Waals surface area contributed by atoms with Crippen molar-refractivity contribution in [2.75, 3.05) is 5.32 Å². The first kappa shape index (κ1) is 13.6. The van der Waals surface area contributed by atoms with Crippen molar-refractivity contribution >= 4 is 17.3 Å². The largest absolute Gasteiger partial charge is 0.376 e. The van der Waals surface area contributed by atoms with Crippen LogP contribution in [-0.2, 0) is 6.54 Å². The van der Waals surface area contributed by atoms with E-state index in [1.54, 1.807) is 18.3 Å². The molecule has 0 aliphatic rings. The van der Waals surface area contributed by atoms with E-state index < -0.39 is 0 Å². The summed E-state index contributed by atoms with van der Waals surface area (Å²) < 4.78 is 5.20. The average molecular weight is 301 g/mol. The molecule has 0 fully saturated rings. The van der Waals surface area contributed by atoms with E-state index >= 15 is 0 Å². The third-order valence-electron chi connectivity index (χ3n) is 2.93. The molecule has 2 heterocycles. The number of pyridine rings is 1. The van der Waals surface area contributed by atoms with Crippen molar-refractivity contribution in [1.82, 2.24) is 15.1 Å². The molecule has 0 unspecified atom stereocenters. The molecule has 21 heavy (non-hydrogen) atoms. The summed E-state index contributed by atoms with van der Waals surface area (Å²) in [5.41, 5.74) is 2.73. The zero-order chi connectivity index (χ0) is 14.7. The Hall–Kier alpha value is -2.40. The summed E-state index contributed by atoms with van der Waals surface area (Å²) in [5, 5.41) is 7.62. The number of nitrogens with one attached hydrogen (secondary N) is 1. The van der Waals surface area contributed by atoms with Crippen molar-refractivity contribution in [1.29, 1.82) is 0 Å². The van der Waals surface area contributed by atoms with Crippen LogP contribution < -0.4 is 5.32 Å². The molecule has 3 rings (SSSR count). The summed E-state index contributed by atoms with van der Waals surface area (Å²) in [6.07, 6.45) is 1.64. The van der Waals surface area contributed by atoms with Crippen LogP contribution in [0.4, 0.5) is 5.69 Å². The molecule has 0 aliphatic heterocycles. The van der Waals surface area contributed by atoms with Crippen LogP contribution in [-0.4, -0.2) is 15.1 Å². The van der Waals surface area contributed by atoms with E-state index in [4.69, 9.17) is 16.1 Å². The molecule has 0 amide bonds. The van der Waals surface area contributed by atoms with Crippen molar-refractivity contribution in [2.45, 2.75) is 13.5 Å². The summed E-state index contributed by atoms with van der Waals surface area (Å²) >= 11 is 6.06. The summed E-state index contributed by atoms with van der Waals surface area (Å²) in [7, 11) is 0. The van der Waals surface area contributed by atoms with Crippen molar-refractivity contribution in [3.05, 3.63) is 59.1 Å². The number of benzene rings is 1. The third kappa shape index (κ3) is 3.20. The summed E-state index contributed by atoms with van der Waals surface area (Å²) in [6.45, 7) is 2.49. The highest BCUT2D eigenvalue weighted by Crippen LogP contribution is 2.22. The molecular formula is C15H13ClN4O. The van der Waals surface area contributed by atoms with Crippen molar-refractivity contribution in [3.63, 3.8) is 0 Å². The van der Waals surface area contributed by atoms with Crippen LogP contribution in [0.1, 0.15) is 11.5 Å². The number of aryl methyl sites for hydroxylation is 1. The van der Waals surface area contributed by atoms with E-state index in [0.29, 0.717) is 29.0 Å². The molecule has 0 atom stereocenters. The Kier molecular flexibility index (Phi) is 3.83. The monoisotopic (exact) mass is 300 g/mol. The van der Waals surface area contributed by atoms with Crippen LogP contribution in [0.5, 0.6) is 0 Å². The minimum atomic E-state index is 0.390. The number of hydrogen-bond donors (Lipinski definition) is 1. The van der Waals surface area contributed by atoms with Crippen LogP contribution in [0.25, 0.3) is 11.5 Å². The fourth-order valence-electron chi connectivity index (χ4n) is 1.82. The Bertz CT molecular complexity index is 739. The molecule has 0 saturated heterocycles. The molecule has 106 valence electrons. The number of hydrogen-bond acceptors (Lipinski definition) is 5. The predicted molar refractivity (Wildman–Crippen MR) is 81.0 cm³/mol. The summed E-state index contributed by atoms with van der Waals surface area (Å²) in [6, 6.07) is 11.6. The number of nitrogens with zero attached hydrogens (tertiary/aromatic N) is 3. The van der Waals surface area contributed by atoms with E-state index in [-0.39, 0.29) is 0 Å². The van der Waals surface area contributed by atoms with Crippen LogP contribution in [0, 0.1) is 6.92 Å². The maximum Gasteiger partial charge on any atom is 0.246 e. The van der Waals surface area contributed by atoms with E-state index in [0.717, 1.165) is 5.69 Å². The lowest BCUT2D eigenvalue weighted by Gasteiger charge is -2.02. The van der Waals surface area contributed by atoms with Gasteiger partial charge in [0, 0.05) is 11.9 Å². The standard InChI is InChI=1S/C15H13ClN4O/c1-10-4-6-11(7-5-10)18-9-13-19-15(20-21-13)14-12(16)3-2-8-17-14/h2-8,18H,9H2,1H3. The summed E-state index contributed by atoms with van der Waals surface area (Å²) in [5.74, 6) is 0.869. The number of aromatic nitrogens is 3. The Morgan fingerprint density at radius 1 is 1.19 bits per heavy atom. The normalized spacial score (nSPS) is 10.6. The van der Waals surface area contributed by atoms with Gasteiger partial charge in [0.1, 0.15) is 5.69 Å². The smallest absolute Gasteiger partial charge is 0.246 e. The molecule has 6 heteroatoms. The molecule has 0 spiro atoms. The van der Waals surface area contributed by atoms with Gasteiger partial charge in [-0.2, -0.15) is 4.98 Å². The van der Waals surface area contributed by atoms with E-state index in [1.807, 2.05) is 31.2 Å². The quantitative estimate of drug-likeness (QED) is 0.796. The van der Waals surface area contributed by atoms with Crippen molar-refractivity contribution < 1.29 is 4.52 Å². The highest BCUT2D eigenvalue weighted by molar-refractivity contribution is 6.32. The van der Waals surface area contributed by atoms with Gasteiger partial charge in [-0.25, -0.2) is 0 Å². The van der Waals surface area contributed by atoms with E-state index in [2.05, 4.69) is 20.4 Å². The first-order valence-electron chi connectivity index (χ1n) is 6.46. The highest BCUT2D eigenvalue weighted by Gasteiger charge is 2.12. The van der Waals surface area contributed by atoms with Gasteiger partial charge in [-0.1, -0.05) is 34.5 Å². The van der Waals surface area contributed by atoms with Gasteiger partial charge in [-0.05, 0) is 31.2 Å².